The average Bonchev–Trinajstić information content (AvgIpc) is 2.18. The number of rotatable bonds is 1. The minimum absolute atomic E-state index is 0.641. The fourth-order valence-corrected chi connectivity index (χ4v) is 2.81. The van der Waals surface area contributed by atoms with Gasteiger partial charge >= 0.3 is 0 Å². The molecular formula is C12H23N2. The Morgan fingerprint density at radius 3 is 2.29 bits per heavy atom. The van der Waals surface area contributed by atoms with E-state index in [0.717, 1.165) is 25.6 Å². The highest BCUT2D eigenvalue weighted by Gasteiger charge is 2.23. The zero-order valence-electron chi connectivity index (χ0n) is 9.17. The number of nitrogens with zero attached hydrogens (tertiary/aromatic N) is 1. The molecule has 1 heterocycles. The van der Waals surface area contributed by atoms with Crippen molar-refractivity contribution in [1.29, 1.82) is 0 Å². The molecule has 14 heavy (non-hydrogen) atoms. The minimum atomic E-state index is 0.641. The molecule has 0 amide bonds. The van der Waals surface area contributed by atoms with Gasteiger partial charge in [-0.15, -0.1) is 0 Å². The highest BCUT2D eigenvalue weighted by atomic mass is 15.1. The molecule has 1 saturated carbocycles. The van der Waals surface area contributed by atoms with Gasteiger partial charge in [0.2, 0.25) is 0 Å². The second-order valence-corrected chi connectivity index (χ2v) is 4.78. The van der Waals surface area contributed by atoms with E-state index in [1.165, 1.54) is 44.9 Å². The fraction of sp³-hybridized carbons (Fsp3) is 1.00. The molecule has 2 rings (SSSR count). The molecular weight excluding hydrogens is 172 g/mol. The largest absolute Gasteiger partial charge is 0.314 e. The first-order valence-corrected chi connectivity index (χ1v) is 6.34. The second-order valence-electron chi connectivity index (χ2n) is 4.78. The van der Waals surface area contributed by atoms with Crippen molar-refractivity contribution in [2.45, 2.75) is 51.0 Å². The molecule has 0 aromatic rings. The molecule has 1 aliphatic carbocycles. The molecule has 2 fully saturated rings. The Hall–Kier alpha value is -0.0800. The summed E-state index contributed by atoms with van der Waals surface area (Å²) in [5.41, 5.74) is 0. The Morgan fingerprint density at radius 2 is 1.64 bits per heavy atom. The van der Waals surface area contributed by atoms with Gasteiger partial charge < -0.3 is 5.32 Å². The molecule has 0 aromatic heterocycles. The van der Waals surface area contributed by atoms with Gasteiger partial charge in [0, 0.05) is 25.7 Å². The molecule has 1 N–H and O–H groups in total. The van der Waals surface area contributed by atoms with E-state index in [1.807, 2.05) is 0 Å². The maximum absolute atomic E-state index is 4.76. The highest BCUT2D eigenvalue weighted by molar-refractivity contribution is 4.82. The van der Waals surface area contributed by atoms with Crippen molar-refractivity contribution >= 4 is 0 Å². The molecule has 0 aromatic carbocycles. The Kier molecular flexibility index (Phi) is 4.26. The van der Waals surface area contributed by atoms with E-state index in [4.69, 9.17) is 5.32 Å². The van der Waals surface area contributed by atoms with E-state index in [2.05, 4.69) is 5.32 Å². The quantitative estimate of drug-likeness (QED) is 0.680. The third kappa shape index (κ3) is 2.96. The molecule has 2 nitrogen and oxygen atoms in total. The van der Waals surface area contributed by atoms with Gasteiger partial charge in [0.25, 0.3) is 0 Å². The van der Waals surface area contributed by atoms with Crippen molar-refractivity contribution in [3.8, 4) is 0 Å². The zero-order chi connectivity index (χ0) is 9.64. The van der Waals surface area contributed by atoms with Gasteiger partial charge in [0.15, 0.2) is 0 Å². The van der Waals surface area contributed by atoms with Crippen LogP contribution in [0.3, 0.4) is 0 Å². The first-order chi connectivity index (χ1) is 6.97. The average molecular weight is 195 g/mol. The summed E-state index contributed by atoms with van der Waals surface area (Å²) in [5.74, 6) is 0.892. The molecule has 1 radical (unpaired) electrons. The van der Waals surface area contributed by atoms with Gasteiger partial charge in [-0.1, -0.05) is 32.1 Å². The molecule has 1 unspecified atom stereocenters. The molecule has 1 atom stereocenters. The summed E-state index contributed by atoms with van der Waals surface area (Å²) in [6.07, 6.45) is 10.1. The van der Waals surface area contributed by atoms with E-state index in [9.17, 15) is 0 Å². The van der Waals surface area contributed by atoms with Gasteiger partial charge in [-0.05, 0) is 18.8 Å². The van der Waals surface area contributed by atoms with Crippen molar-refractivity contribution < 1.29 is 0 Å². The normalized spacial score (nSPS) is 32.1. The predicted molar refractivity (Wildman–Crippen MR) is 59.5 cm³/mol. The zero-order valence-corrected chi connectivity index (χ0v) is 9.17. The standard InChI is InChI=1S/C12H23N2/c1-2-4-6-11(7-5-3-1)12-10-13-8-9-14-12/h11-13H,1-10H2. The van der Waals surface area contributed by atoms with Crippen LogP contribution in [-0.4, -0.2) is 25.7 Å². The first-order valence-electron chi connectivity index (χ1n) is 6.34. The summed E-state index contributed by atoms with van der Waals surface area (Å²) >= 11 is 0. The SMILES string of the molecule is C1CCCC(C2CNCC[N]2)CCC1. The van der Waals surface area contributed by atoms with E-state index in [-0.39, 0.29) is 0 Å². The molecule has 1 aliphatic heterocycles. The van der Waals surface area contributed by atoms with Gasteiger partial charge in [-0.25, -0.2) is 5.32 Å². The van der Waals surface area contributed by atoms with Crippen molar-refractivity contribution in [3.05, 3.63) is 0 Å². The Labute approximate surface area is 87.8 Å². The summed E-state index contributed by atoms with van der Waals surface area (Å²) in [4.78, 5) is 0. The number of hydrogen-bond donors (Lipinski definition) is 1. The van der Waals surface area contributed by atoms with Crippen molar-refractivity contribution in [3.63, 3.8) is 0 Å². The third-order valence-corrected chi connectivity index (χ3v) is 3.70. The molecule has 2 heteroatoms. The highest BCUT2D eigenvalue weighted by Crippen LogP contribution is 2.25. The van der Waals surface area contributed by atoms with Crippen LogP contribution in [0, 0.1) is 5.92 Å². The number of nitrogens with one attached hydrogen (secondary N) is 1. The van der Waals surface area contributed by atoms with Gasteiger partial charge in [0.05, 0.1) is 0 Å². The lowest BCUT2D eigenvalue weighted by atomic mass is 9.85. The van der Waals surface area contributed by atoms with Crippen molar-refractivity contribution in [2.75, 3.05) is 19.6 Å². The third-order valence-electron chi connectivity index (χ3n) is 3.70. The van der Waals surface area contributed by atoms with Crippen LogP contribution in [0.4, 0.5) is 0 Å². The van der Waals surface area contributed by atoms with Gasteiger partial charge in [0.1, 0.15) is 0 Å². The maximum Gasteiger partial charge on any atom is 0.0399 e. The monoisotopic (exact) mass is 195 g/mol. The fourth-order valence-electron chi connectivity index (χ4n) is 2.81. The number of piperazine rings is 1. The summed E-state index contributed by atoms with van der Waals surface area (Å²) in [7, 11) is 0. The molecule has 0 spiro atoms. The lowest BCUT2D eigenvalue weighted by Gasteiger charge is -2.31. The molecule has 81 valence electrons. The summed E-state index contributed by atoms with van der Waals surface area (Å²) < 4.78 is 0. The van der Waals surface area contributed by atoms with Crippen LogP contribution < -0.4 is 10.6 Å². The van der Waals surface area contributed by atoms with Crippen molar-refractivity contribution in [2.24, 2.45) is 5.92 Å². The van der Waals surface area contributed by atoms with Crippen LogP contribution in [0.2, 0.25) is 0 Å². The topological polar surface area (TPSA) is 26.1 Å². The second kappa shape index (κ2) is 5.72. The van der Waals surface area contributed by atoms with E-state index in [1.54, 1.807) is 0 Å². The first kappa shape index (κ1) is 10.4. The smallest absolute Gasteiger partial charge is 0.0399 e. The lowest BCUT2D eigenvalue weighted by Crippen LogP contribution is -2.48. The maximum atomic E-state index is 4.76. The summed E-state index contributed by atoms with van der Waals surface area (Å²) in [5, 5.41) is 8.24. The minimum Gasteiger partial charge on any atom is -0.314 e. The van der Waals surface area contributed by atoms with Crippen LogP contribution in [0.5, 0.6) is 0 Å². The van der Waals surface area contributed by atoms with E-state index >= 15 is 0 Å². The summed E-state index contributed by atoms with van der Waals surface area (Å²) in [6.45, 7) is 3.29. The molecule has 2 aliphatic rings. The van der Waals surface area contributed by atoms with Crippen LogP contribution in [0.15, 0.2) is 0 Å². The van der Waals surface area contributed by atoms with Crippen molar-refractivity contribution in [1.82, 2.24) is 10.6 Å². The predicted octanol–water partition coefficient (Wildman–Crippen LogP) is 1.92. The van der Waals surface area contributed by atoms with Crippen LogP contribution in [0.1, 0.15) is 44.9 Å². The summed E-state index contributed by atoms with van der Waals surface area (Å²) in [6, 6.07) is 0.641. The van der Waals surface area contributed by atoms with Crippen LogP contribution in [0.25, 0.3) is 0 Å². The van der Waals surface area contributed by atoms with E-state index < -0.39 is 0 Å². The van der Waals surface area contributed by atoms with Gasteiger partial charge in [-0.3, -0.25) is 0 Å². The number of hydrogen-bond acceptors (Lipinski definition) is 1. The lowest BCUT2D eigenvalue weighted by molar-refractivity contribution is 0.254. The molecule has 0 bridgehead atoms. The van der Waals surface area contributed by atoms with Crippen LogP contribution >= 0.6 is 0 Å². The molecule has 1 saturated heterocycles. The van der Waals surface area contributed by atoms with E-state index in [0.29, 0.717) is 6.04 Å². The Morgan fingerprint density at radius 1 is 0.929 bits per heavy atom. The van der Waals surface area contributed by atoms with Crippen LogP contribution in [-0.2, 0) is 0 Å². The Bertz CT molecular complexity index is 144. The Balaban J connectivity index is 1.80. The van der Waals surface area contributed by atoms with Gasteiger partial charge in [-0.2, -0.15) is 0 Å².